The second kappa shape index (κ2) is 6.94. The Balaban J connectivity index is 1.99. The Morgan fingerprint density at radius 1 is 1.38 bits per heavy atom. The predicted molar refractivity (Wildman–Crippen MR) is 82.5 cm³/mol. The van der Waals surface area contributed by atoms with E-state index in [2.05, 4.69) is 5.32 Å². The lowest BCUT2D eigenvalue weighted by Gasteiger charge is -2.28. The molecule has 1 fully saturated rings. The molecule has 0 aromatic heterocycles. The Morgan fingerprint density at radius 3 is 2.67 bits per heavy atom. The lowest BCUT2D eigenvalue weighted by Crippen LogP contribution is -2.49. The standard InChI is InChI=1S/C17H25NO3/c1-13(14-7-3-4-8-15(14)21-2)11-16(20)18-17(12-19)9-5-6-10-17/h3-4,7-8,13,19H,5-6,9-12H2,1-2H3,(H,18,20). The number of aliphatic hydroxyl groups excluding tert-OH is 1. The molecule has 116 valence electrons. The third kappa shape index (κ3) is 3.76. The number of hydrogen-bond acceptors (Lipinski definition) is 3. The number of rotatable bonds is 6. The van der Waals surface area contributed by atoms with Crippen LogP contribution in [0, 0.1) is 0 Å². The van der Waals surface area contributed by atoms with Gasteiger partial charge in [0, 0.05) is 6.42 Å². The van der Waals surface area contributed by atoms with Crippen molar-refractivity contribution < 1.29 is 14.6 Å². The minimum absolute atomic E-state index is 0.00403. The van der Waals surface area contributed by atoms with Crippen molar-refractivity contribution in [2.45, 2.75) is 50.5 Å². The largest absolute Gasteiger partial charge is 0.496 e. The van der Waals surface area contributed by atoms with E-state index in [9.17, 15) is 9.90 Å². The summed E-state index contributed by atoms with van der Waals surface area (Å²) in [4.78, 5) is 12.3. The normalized spacial score (nSPS) is 18.2. The van der Waals surface area contributed by atoms with Crippen LogP contribution >= 0.6 is 0 Å². The monoisotopic (exact) mass is 291 g/mol. The number of benzene rings is 1. The van der Waals surface area contributed by atoms with Gasteiger partial charge in [-0.2, -0.15) is 0 Å². The number of carbonyl (C=O) groups is 1. The maximum absolute atomic E-state index is 12.3. The summed E-state index contributed by atoms with van der Waals surface area (Å²) >= 11 is 0. The molecule has 1 atom stereocenters. The first-order chi connectivity index (χ1) is 10.1. The van der Waals surface area contributed by atoms with Gasteiger partial charge in [0.1, 0.15) is 5.75 Å². The average molecular weight is 291 g/mol. The van der Waals surface area contributed by atoms with Gasteiger partial charge < -0.3 is 15.2 Å². The van der Waals surface area contributed by atoms with E-state index in [1.807, 2.05) is 31.2 Å². The molecule has 1 aromatic carbocycles. The van der Waals surface area contributed by atoms with Crippen LogP contribution < -0.4 is 10.1 Å². The fourth-order valence-electron chi connectivity index (χ4n) is 3.18. The molecule has 1 aliphatic rings. The minimum atomic E-state index is -0.391. The molecule has 1 unspecified atom stereocenters. The van der Waals surface area contributed by atoms with Crippen LogP contribution in [0.1, 0.15) is 50.5 Å². The van der Waals surface area contributed by atoms with Gasteiger partial charge in [0.05, 0.1) is 19.3 Å². The number of aliphatic hydroxyl groups is 1. The quantitative estimate of drug-likeness (QED) is 0.847. The van der Waals surface area contributed by atoms with Crippen molar-refractivity contribution >= 4 is 5.91 Å². The highest BCUT2D eigenvalue weighted by atomic mass is 16.5. The van der Waals surface area contributed by atoms with Crippen LogP contribution in [0.15, 0.2) is 24.3 Å². The summed E-state index contributed by atoms with van der Waals surface area (Å²) in [7, 11) is 1.64. The van der Waals surface area contributed by atoms with E-state index >= 15 is 0 Å². The molecule has 2 rings (SSSR count). The first-order valence-electron chi connectivity index (χ1n) is 7.65. The third-order valence-corrected chi connectivity index (χ3v) is 4.43. The van der Waals surface area contributed by atoms with Crippen LogP contribution in [0.25, 0.3) is 0 Å². The van der Waals surface area contributed by atoms with Crippen LogP contribution in [0.5, 0.6) is 5.75 Å². The van der Waals surface area contributed by atoms with Crippen LogP contribution in [0.2, 0.25) is 0 Å². The summed E-state index contributed by atoms with van der Waals surface area (Å²) in [5.74, 6) is 0.901. The molecule has 1 aliphatic carbocycles. The fraction of sp³-hybridized carbons (Fsp3) is 0.588. The zero-order chi connectivity index (χ0) is 15.3. The molecule has 1 saturated carbocycles. The number of para-hydroxylation sites is 1. The zero-order valence-corrected chi connectivity index (χ0v) is 12.9. The number of methoxy groups -OCH3 is 1. The number of hydrogen-bond donors (Lipinski definition) is 2. The van der Waals surface area contributed by atoms with Crippen molar-refractivity contribution in [1.29, 1.82) is 0 Å². The lowest BCUT2D eigenvalue weighted by molar-refractivity contribution is -0.123. The lowest BCUT2D eigenvalue weighted by atomic mass is 9.94. The van der Waals surface area contributed by atoms with E-state index in [0.717, 1.165) is 37.0 Å². The number of nitrogens with one attached hydrogen (secondary N) is 1. The molecule has 1 amide bonds. The van der Waals surface area contributed by atoms with Gasteiger partial charge in [0.15, 0.2) is 0 Å². The van der Waals surface area contributed by atoms with Crippen molar-refractivity contribution in [3.8, 4) is 5.75 Å². The van der Waals surface area contributed by atoms with E-state index in [-0.39, 0.29) is 18.4 Å². The summed E-state index contributed by atoms with van der Waals surface area (Å²) in [5.41, 5.74) is 0.650. The van der Waals surface area contributed by atoms with Gasteiger partial charge in [-0.05, 0) is 30.4 Å². The fourth-order valence-corrected chi connectivity index (χ4v) is 3.18. The van der Waals surface area contributed by atoms with Gasteiger partial charge in [-0.15, -0.1) is 0 Å². The van der Waals surface area contributed by atoms with Gasteiger partial charge >= 0.3 is 0 Å². The second-order valence-electron chi connectivity index (χ2n) is 6.04. The Hall–Kier alpha value is -1.55. The molecule has 4 heteroatoms. The van der Waals surface area contributed by atoms with Crippen LogP contribution in [-0.4, -0.2) is 30.3 Å². The minimum Gasteiger partial charge on any atom is -0.496 e. The van der Waals surface area contributed by atoms with Gasteiger partial charge in [-0.1, -0.05) is 38.0 Å². The maximum Gasteiger partial charge on any atom is 0.221 e. The number of ether oxygens (including phenoxy) is 1. The summed E-state index contributed by atoms with van der Waals surface area (Å²) in [6.07, 6.45) is 4.30. The molecule has 0 saturated heterocycles. The highest BCUT2D eigenvalue weighted by Crippen LogP contribution is 2.31. The van der Waals surface area contributed by atoms with E-state index in [4.69, 9.17) is 4.74 Å². The number of amides is 1. The Kier molecular flexibility index (Phi) is 5.23. The first kappa shape index (κ1) is 15.8. The number of carbonyl (C=O) groups excluding carboxylic acids is 1. The topological polar surface area (TPSA) is 58.6 Å². The second-order valence-corrected chi connectivity index (χ2v) is 6.04. The molecular formula is C17H25NO3. The van der Waals surface area contributed by atoms with Crippen molar-refractivity contribution in [2.24, 2.45) is 0 Å². The maximum atomic E-state index is 12.3. The molecule has 0 spiro atoms. The molecular weight excluding hydrogens is 266 g/mol. The Bertz CT molecular complexity index is 481. The van der Waals surface area contributed by atoms with Gasteiger partial charge in [0.2, 0.25) is 5.91 Å². The van der Waals surface area contributed by atoms with E-state index in [1.165, 1.54) is 0 Å². The zero-order valence-electron chi connectivity index (χ0n) is 12.9. The van der Waals surface area contributed by atoms with E-state index < -0.39 is 5.54 Å². The van der Waals surface area contributed by atoms with E-state index in [0.29, 0.717) is 6.42 Å². The molecule has 2 N–H and O–H groups in total. The molecule has 0 bridgehead atoms. The highest BCUT2D eigenvalue weighted by molar-refractivity contribution is 5.78. The molecule has 0 aliphatic heterocycles. The molecule has 4 nitrogen and oxygen atoms in total. The average Bonchev–Trinajstić information content (AvgIpc) is 2.96. The summed E-state index contributed by atoms with van der Waals surface area (Å²) in [6, 6.07) is 7.79. The summed E-state index contributed by atoms with van der Waals surface area (Å²) < 4.78 is 5.35. The van der Waals surface area contributed by atoms with Crippen LogP contribution in [0.3, 0.4) is 0 Å². The van der Waals surface area contributed by atoms with Gasteiger partial charge in [-0.3, -0.25) is 4.79 Å². The summed E-state index contributed by atoms with van der Waals surface area (Å²) in [5, 5.41) is 12.6. The molecule has 0 radical (unpaired) electrons. The Labute approximate surface area is 126 Å². The van der Waals surface area contributed by atoms with Crippen molar-refractivity contribution in [3.05, 3.63) is 29.8 Å². The molecule has 21 heavy (non-hydrogen) atoms. The third-order valence-electron chi connectivity index (χ3n) is 4.43. The van der Waals surface area contributed by atoms with Crippen molar-refractivity contribution in [2.75, 3.05) is 13.7 Å². The molecule has 0 heterocycles. The molecule has 1 aromatic rings. The van der Waals surface area contributed by atoms with Gasteiger partial charge in [0.25, 0.3) is 0 Å². The first-order valence-corrected chi connectivity index (χ1v) is 7.65. The van der Waals surface area contributed by atoms with E-state index in [1.54, 1.807) is 7.11 Å². The summed E-state index contributed by atoms with van der Waals surface area (Å²) in [6.45, 7) is 2.06. The van der Waals surface area contributed by atoms with Crippen molar-refractivity contribution in [1.82, 2.24) is 5.32 Å². The SMILES string of the molecule is COc1ccccc1C(C)CC(=O)NC1(CO)CCCC1. The Morgan fingerprint density at radius 2 is 2.05 bits per heavy atom. The van der Waals surface area contributed by atoms with Crippen LogP contribution in [-0.2, 0) is 4.79 Å². The highest BCUT2D eigenvalue weighted by Gasteiger charge is 2.34. The van der Waals surface area contributed by atoms with Crippen molar-refractivity contribution in [3.63, 3.8) is 0 Å². The smallest absolute Gasteiger partial charge is 0.221 e. The van der Waals surface area contributed by atoms with Gasteiger partial charge in [-0.25, -0.2) is 0 Å². The van der Waals surface area contributed by atoms with Crippen LogP contribution in [0.4, 0.5) is 0 Å². The predicted octanol–water partition coefficient (Wildman–Crippen LogP) is 2.61.